The lowest BCUT2D eigenvalue weighted by Gasteiger charge is -2.08. The summed E-state index contributed by atoms with van der Waals surface area (Å²) in [7, 11) is -3.30. The Balaban J connectivity index is 1.93. The number of rotatable bonds is 7. The van der Waals surface area contributed by atoms with Crippen LogP contribution in [0.15, 0.2) is 47.2 Å². The average Bonchev–Trinajstić information content (AvgIpc) is 3.00. The molecule has 0 fully saturated rings. The summed E-state index contributed by atoms with van der Waals surface area (Å²) in [6, 6.07) is 8.46. The minimum Gasteiger partial charge on any atom is -0.323 e. The van der Waals surface area contributed by atoms with E-state index in [1.165, 1.54) is 6.08 Å². The van der Waals surface area contributed by atoms with Gasteiger partial charge in [-0.05, 0) is 59.2 Å². The summed E-state index contributed by atoms with van der Waals surface area (Å²) in [5, 5.41) is 6.61. The molecule has 1 heterocycles. The first kappa shape index (κ1) is 17.2. The molecule has 1 amide bonds. The van der Waals surface area contributed by atoms with Crippen molar-refractivity contribution in [3.8, 4) is 0 Å². The van der Waals surface area contributed by atoms with Crippen LogP contribution in [0.25, 0.3) is 6.08 Å². The molecule has 0 aliphatic carbocycles. The Hall–Kier alpha value is -2.12. The van der Waals surface area contributed by atoms with Gasteiger partial charge in [0.15, 0.2) is 0 Å². The first-order valence-electron chi connectivity index (χ1n) is 7.10. The van der Waals surface area contributed by atoms with E-state index in [0.717, 1.165) is 5.56 Å². The third kappa shape index (κ3) is 5.88. The van der Waals surface area contributed by atoms with Gasteiger partial charge in [0.2, 0.25) is 15.9 Å². The molecule has 0 aliphatic rings. The van der Waals surface area contributed by atoms with E-state index >= 15 is 0 Å². The third-order valence-corrected chi connectivity index (χ3v) is 5.06. The van der Waals surface area contributed by atoms with Gasteiger partial charge in [-0.25, -0.2) is 8.42 Å². The molecule has 0 saturated carbocycles. The maximum Gasteiger partial charge on any atom is 0.248 e. The van der Waals surface area contributed by atoms with Gasteiger partial charge in [0.05, 0.1) is 5.75 Å². The van der Waals surface area contributed by atoms with Crippen LogP contribution < -0.4 is 10.0 Å². The van der Waals surface area contributed by atoms with Crippen LogP contribution in [0, 0.1) is 0 Å². The molecule has 0 radical (unpaired) electrons. The van der Waals surface area contributed by atoms with Gasteiger partial charge in [-0.15, -0.1) is 0 Å². The van der Waals surface area contributed by atoms with Crippen LogP contribution in [0.3, 0.4) is 0 Å². The molecule has 0 unspecified atom stereocenters. The fourth-order valence-electron chi connectivity index (χ4n) is 1.85. The molecule has 0 saturated heterocycles. The Morgan fingerprint density at radius 3 is 2.48 bits per heavy atom. The monoisotopic (exact) mass is 350 g/mol. The number of hydrogen-bond donors (Lipinski definition) is 2. The standard InChI is InChI=1S/C16H18N2O3S2/c1-2-11-23(20,21)18-15-6-4-14(5-7-15)17-16(19)8-3-13-9-10-22-12-13/h3-10,12,18H,2,11H2,1H3,(H,17,19)/b8-3+. The highest BCUT2D eigenvalue weighted by Gasteiger charge is 2.08. The lowest BCUT2D eigenvalue weighted by atomic mass is 10.2. The third-order valence-electron chi connectivity index (χ3n) is 2.87. The van der Waals surface area contributed by atoms with Gasteiger partial charge in [-0.2, -0.15) is 11.3 Å². The van der Waals surface area contributed by atoms with Crippen molar-refractivity contribution >= 4 is 44.7 Å². The second-order valence-electron chi connectivity index (χ2n) is 4.88. The number of benzene rings is 1. The zero-order valence-electron chi connectivity index (χ0n) is 12.7. The van der Waals surface area contributed by atoms with Crippen molar-refractivity contribution < 1.29 is 13.2 Å². The molecule has 0 atom stereocenters. The van der Waals surface area contributed by atoms with Gasteiger partial charge in [0.1, 0.15) is 0 Å². The number of anilines is 2. The number of nitrogens with one attached hydrogen (secondary N) is 2. The molecule has 0 spiro atoms. The van der Waals surface area contributed by atoms with Crippen LogP contribution >= 0.6 is 11.3 Å². The van der Waals surface area contributed by atoms with E-state index in [2.05, 4.69) is 10.0 Å². The topological polar surface area (TPSA) is 75.3 Å². The number of sulfonamides is 1. The van der Waals surface area contributed by atoms with Crippen molar-refractivity contribution in [1.82, 2.24) is 0 Å². The molecule has 122 valence electrons. The van der Waals surface area contributed by atoms with E-state index in [9.17, 15) is 13.2 Å². The summed E-state index contributed by atoms with van der Waals surface area (Å²) in [6.07, 6.45) is 3.75. The molecule has 2 aromatic rings. The number of thiophene rings is 1. The maximum absolute atomic E-state index is 11.8. The van der Waals surface area contributed by atoms with E-state index in [-0.39, 0.29) is 11.7 Å². The van der Waals surface area contributed by atoms with E-state index in [0.29, 0.717) is 17.8 Å². The van der Waals surface area contributed by atoms with Gasteiger partial charge in [0.25, 0.3) is 0 Å². The highest BCUT2D eigenvalue weighted by Crippen LogP contribution is 2.15. The first-order valence-corrected chi connectivity index (χ1v) is 9.70. The summed E-state index contributed by atoms with van der Waals surface area (Å²) in [5.41, 5.74) is 2.06. The lowest BCUT2D eigenvalue weighted by molar-refractivity contribution is -0.111. The van der Waals surface area contributed by atoms with E-state index in [4.69, 9.17) is 0 Å². The second-order valence-corrected chi connectivity index (χ2v) is 7.50. The van der Waals surface area contributed by atoms with Crippen LogP contribution in [-0.4, -0.2) is 20.1 Å². The van der Waals surface area contributed by atoms with Crippen LogP contribution in [0.4, 0.5) is 11.4 Å². The normalized spacial score (nSPS) is 11.5. The quantitative estimate of drug-likeness (QED) is 0.750. The Labute approximate surface area is 140 Å². The highest BCUT2D eigenvalue weighted by atomic mass is 32.2. The Kier molecular flexibility index (Phi) is 5.95. The highest BCUT2D eigenvalue weighted by molar-refractivity contribution is 7.92. The summed E-state index contributed by atoms with van der Waals surface area (Å²) >= 11 is 1.57. The molecule has 1 aromatic heterocycles. The van der Waals surface area contributed by atoms with Gasteiger partial charge < -0.3 is 5.32 Å². The van der Waals surface area contributed by atoms with Crippen LogP contribution in [0.1, 0.15) is 18.9 Å². The van der Waals surface area contributed by atoms with E-state index < -0.39 is 10.0 Å². The fraction of sp³-hybridized carbons (Fsp3) is 0.188. The number of carbonyl (C=O) groups is 1. The van der Waals surface area contributed by atoms with Gasteiger partial charge in [-0.3, -0.25) is 9.52 Å². The van der Waals surface area contributed by atoms with Crippen LogP contribution in [-0.2, 0) is 14.8 Å². The largest absolute Gasteiger partial charge is 0.323 e. The van der Waals surface area contributed by atoms with E-state index in [1.54, 1.807) is 41.7 Å². The van der Waals surface area contributed by atoms with Gasteiger partial charge in [0, 0.05) is 17.5 Å². The summed E-state index contributed by atoms with van der Waals surface area (Å²) < 4.78 is 25.8. The van der Waals surface area contributed by atoms with E-state index in [1.807, 2.05) is 23.8 Å². The number of carbonyl (C=O) groups excluding carboxylic acids is 1. The van der Waals surface area contributed by atoms with Crippen molar-refractivity contribution in [3.63, 3.8) is 0 Å². The Morgan fingerprint density at radius 2 is 1.87 bits per heavy atom. The van der Waals surface area contributed by atoms with Crippen molar-refractivity contribution in [1.29, 1.82) is 0 Å². The zero-order valence-corrected chi connectivity index (χ0v) is 14.3. The van der Waals surface area contributed by atoms with Crippen molar-refractivity contribution in [2.45, 2.75) is 13.3 Å². The van der Waals surface area contributed by atoms with Crippen LogP contribution in [0.5, 0.6) is 0 Å². The first-order chi connectivity index (χ1) is 11.0. The van der Waals surface area contributed by atoms with Crippen molar-refractivity contribution in [3.05, 3.63) is 52.7 Å². The second kappa shape index (κ2) is 7.94. The minimum atomic E-state index is -3.30. The average molecular weight is 350 g/mol. The summed E-state index contributed by atoms with van der Waals surface area (Å²) in [6.45, 7) is 1.81. The molecule has 7 heteroatoms. The lowest BCUT2D eigenvalue weighted by Crippen LogP contribution is -2.16. The van der Waals surface area contributed by atoms with Gasteiger partial charge >= 0.3 is 0 Å². The number of amides is 1. The molecule has 0 aliphatic heterocycles. The molecular formula is C16H18N2O3S2. The maximum atomic E-state index is 11.8. The molecule has 1 aromatic carbocycles. The molecule has 5 nitrogen and oxygen atoms in total. The molecule has 0 bridgehead atoms. The molecular weight excluding hydrogens is 332 g/mol. The Morgan fingerprint density at radius 1 is 1.17 bits per heavy atom. The predicted molar refractivity (Wildman–Crippen MR) is 96.1 cm³/mol. The number of hydrogen-bond acceptors (Lipinski definition) is 4. The SMILES string of the molecule is CCCS(=O)(=O)Nc1ccc(NC(=O)/C=C/c2ccsc2)cc1. The van der Waals surface area contributed by atoms with Crippen molar-refractivity contribution in [2.24, 2.45) is 0 Å². The minimum absolute atomic E-state index is 0.0822. The van der Waals surface area contributed by atoms with Crippen LogP contribution in [0.2, 0.25) is 0 Å². The fourth-order valence-corrected chi connectivity index (χ4v) is 3.61. The molecule has 23 heavy (non-hydrogen) atoms. The predicted octanol–water partition coefficient (Wildman–Crippen LogP) is 3.55. The summed E-state index contributed by atoms with van der Waals surface area (Å²) in [5.74, 6) is -0.158. The molecule has 2 rings (SSSR count). The summed E-state index contributed by atoms with van der Waals surface area (Å²) in [4.78, 5) is 11.8. The Bertz CT molecular complexity index is 764. The van der Waals surface area contributed by atoms with Crippen molar-refractivity contribution in [2.75, 3.05) is 15.8 Å². The van der Waals surface area contributed by atoms with Gasteiger partial charge in [-0.1, -0.05) is 6.92 Å². The zero-order chi connectivity index (χ0) is 16.7. The molecule has 2 N–H and O–H groups in total. The smallest absolute Gasteiger partial charge is 0.248 e.